The molecule has 1 aromatic rings. The molecule has 1 unspecified atom stereocenters. The van der Waals surface area contributed by atoms with E-state index in [1.807, 2.05) is 6.92 Å². The normalized spacial score (nSPS) is 13.4. The highest BCUT2D eigenvalue weighted by atomic mass is 32.2. The Morgan fingerprint density at radius 1 is 1.19 bits per heavy atom. The number of hydrogen-bond acceptors (Lipinski definition) is 3. The molecule has 0 amide bonds. The highest BCUT2D eigenvalue weighted by Crippen LogP contribution is 2.24. The van der Waals surface area contributed by atoms with Gasteiger partial charge in [0.15, 0.2) is 0 Å². The smallest absolute Gasteiger partial charge is 0.150 e. The number of benzene rings is 1. The molecule has 1 N–H and O–H groups in total. The summed E-state index contributed by atoms with van der Waals surface area (Å²) >= 11 is 0. The van der Waals surface area contributed by atoms with Crippen molar-refractivity contribution in [2.75, 3.05) is 18.1 Å². The first kappa shape index (κ1) is 18.0. The summed E-state index contributed by atoms with van der Waals surface area (Å²) in [4.78, 5) is 0. The van der Waals surface area contributed by atoms with Crippen LogP contribution >= 0.6 is 0 Å². The van der Waals surface area contributed by atoms with Gasteiger partial charge in [0.25, 0.3) is 0 Å². The van der Waals surface area contributed by atoms with Crippen molar-refractivity contribution < 1.29 is 17.2 Å². The summed E-state index contributed by atoms with van der Waals surface area (Å²) in [7, 11) is -3.02. The highest BCUT2D eigenvalue weighted by Gasteiger charge is 2.18. The van der Waals surface area contributed by atoms with E-state index < -0.39 is 21.5 Å². The zero-order chi connectivity index (χ0) is 16.0. The Morgan fingerprint density at radius 2 is 1.86 bits per heavy atom. The van der Waals surface area contributed by atoms with Crippen molar-refractivity contribution in [3.63, 3.8) is 0 Å². The molecule has 0 fully saturated rings. The van der Waals surface area contributed by atoms with Gasteiger partial charge in [-0.1, -0.05) is 13.8 Å². The minimum atomic E-state index is -3.02. The molecule has 21 heavy (non-hydrogen) atoms. The van der Waals surface area contributed by atoms with Gasteiger partial charge in [0.05, 0.1) is 5.75 Å². The molecule has 0 spiro atoms. The van der Waals surface area contributed by atoms with Crippen molar-refractivity contribution >= 4 is 9.84 Å². The van der Waals surface area contributed by atoms with Crippen molar-refractivity contribution in [2.24, 2.45) is 0 Å². The number of sulfone groups is 1. The van der Waals surface area contributed by atoms with Crippen molar-refractivity contribution in [3.8, 4) is 0 Å². The van der Waals surface area contributed by atoms with E-state index in [2.05, 4.69) is 5.32 Å². The van der Waals surface area contributed by atoms with Crippen LogP contribution < -0.4 is 5.32 Å². The molecule has 0 aliphatic carbocycles. The van der Waals surface area contributed by atoms with Crippen LogP contribution in [0.4, 0.5) is 8.78 Å². The number of hydrogen-bond donors (Lipinski definition) is 1. The first-order chi connectivity index (χ1) is 9.80. The van der Waals surface area contributed by atoms with E-state index in [4.69, 9.17) is 0 Å². The Hall–Kier alpha value is -1.01. The first-order valence-corrected chi connectivity index (χ1v) is 9.02. The molecule has 1 rings (SSSR count). The molecule has 120 valence electrons. The van der Waals surface area contributed by atoms with Crippen molar-refractivity contribution in [2.45, 2.75) is 39.7 Å². The van der Waals surface area contributed by atoms with Crippen LogP contribution in [0.3, 0.4) is 0 Å². The number of rotatable bonds is 8. The van der Waals surface area contributed by atoms with Gasteiger partial charge < -0.3 is 5.32 Å². The highest BCUT2D eigenvalue weighted by molar-refractivity contribution is 7.91. The molecule has 0 saturated carbocycles. The Kier molecular flexibility index (Phi) is 6.74. The minimum absolute atomic E-state index is 0.0905. The fraction of sp³-hybridized carbons (Fsp3) is 0.600. The maximum Gasteiger partial charge on any atom is 0.150 e. The maximum atomic E-state index is 13.9. The topological polar surface area (TPSA) is 46.2 Å². The van der Waals surface area contributed by atoms with Crippen LogP contribution in [0.25, 0.3) is 0 Å². The largest absolute Gasteiger partial charge is 0.310 e. The molecule has 3 nitrogen and oxygen atoms in total. The third-order valence-electron chi connectivity index (χ3n) is 3.49. The van der Waals surface area contributed by atoms with Gasteiger partial charge in [-0.3, -0.25) is 0 Å². The molecule has 0 radical (unpaired) electrons. The third-order valence-corrected chi connectivity index (χ3v) is 5.28. The van der Waals surface area contributed by atoms with E-state index in [1.54, 1.807) is 13.8 Å². The van der Waals surface area contributed by atoms with Crippen molar-refractivity contribution in [1.29, 1.82) is 0 Å². The van der Waals surface area contributed by atoms with E-state index in [9.17, 15) is 17.2 Å². The first-order valence-electron chi connectivity index (χ1n) is 7.20. The number of halogens is 2. The van der Waals surface area contributed by atoms with Crippen molar-refractivity contribution in [1.82, 2.24) is 5.32 Å². The standard InChI is InChI=1S/C15H23F2NO2S/c1-4-18-15(7-6-8-21(19,20)5-2)12-9-11(3)13(16)10-14(12)17/h9-10,15,18H,4-8H2,1-3H3. The van der Waals surface area contributed by atoms with Crippen LogP contribution in [0.1, 0.15) is 43.9 Å². The minimum Gasteiger partial charge on any atom is -0.310 e. The molecule has 0 aliphatic rings. The van der Waals surface area contributed by atoms with E-state index in [0.717, 1.165) is 6.07 Å². The van der Waals surface area contributed by atoms with E-state index >= 15 is 0 Å². The monoisotopic (exact) mass is 319 g/mol. The van der Waals surface area contributed by atoms with Crippen molar-refractivity contribution in [3.05, 3.63) is 34.9 Å². The molecular weight excluding hydrogens is 296 g/mol. The SMILES string of the molecule is CCNC(CCCS(=O)(=O)CC)c1cc(C)c(F)cc1F. The average molecular weight is 319 g/mol. The second-order valence-corrected chi connectivity index (χ2v) is 7.58. The van der Waals surface area contributed by atoms with E-state index in [-0.39, 0.29) is 17.5 Å². The summed E-state index contributed by atoms with van der Waals surface area (Å²) in [6.07, 6.45) is 0.943. The lowest BCUT2D eigenvalue weighted by molar-refractivity contribution is 0.474. The van der Waals surface area contributed by atoms with E-state index in [1.165, 1.54) is 6.07 Å². The average Bonchev–Trinajstić information content (AvgIpc) is 2.42. The van der Waals surface area contributed by atoms with Crippen LogP contribution in [0, 0.1) is 18.6 Å². The van der Waals surface area contributed by atoms with Gasteiger partial charge >= 0.3 is 0 Å². The molecule has 0 aromatic heterocycles. The van der Waals surface area contributed by atoms with Gasteiger partial charge in [-0.05, 0) is 37.9 Å². The van der Waals surface area contributed by atoms with Gasteiger partial charge in [0, 0.05) is 23.4 Å². The molecule has 0 aliphatic heterocycles. The molecule has 1 atom stereocenters. The zero-order valence-corrected chi connectivity index (χ0v) is 13.6. The Bertz CT molecular complexity index is 573. The van der Waals surface area contributed by atoms with Crippen LogP contribution in [0.15, 0.2) is 12.1 Å². The molecule has 0 heterocycles. The lowest BCUT2D eigenvalue weighted by Gasteiger charge is -2.19. The lowest BCUT2D eigenvalue weighted by Crippen LogP contribution is -2.23. The number of aryl methyl sites for hydroxylation is 1. The van der Waals surface area contributed by atoms with Crippen LogP contribution in [0.5, 0.6) is 0 Å². The summed E-state index contributed by atoms with van der Waals surface area (Å²) in [5.41, 5.74) is 0.778. The third kappa shape index (κ3) is 5.36. The molecule has 6 heteroatoms. The van der Waals surface area contributed by atoms with Gasteiger partial charge in [-0.25, -0.2) is 17.2 Å². The molecule has 0 saturated heterocycles. The predicted molar refractivity (Wildman–Crippen MR) is 81.1 cm³/mol. The molecule has 0 bridgehead atoms. The Balaban J connectivity index is 2.85. The van der Waals surface area contributed by atoms with Crippen LogP contribution in [-0.2, 0) is 9.84 Å². The second kappa shape index (κ2) is 7.84. The Morgan fingerprint density at radius 3 is 2.43 bits per heavy atom. The summed E-state index contributed by atoms with van der Waals surface area (Å²) < 4.78 is 50.2. The van der Waals surface area contributed by atoms with Crippen LogP contribution in [0.2, 0.25) is 0 Å². The molecular formula is C15H23F2NO2S. The van der Waals surface area contributed by atoms with E-state index in [0.29, 0.717) is 30.5 Å². The summed E-state index contributed by atoms with van der Waals surface area (Å²) in [5.74, 6) is -0.960. The second-order valence-electron chi connectivity index (χ2n) is 5.11. The zero-order valence-electron chi connectivity index (χ0n) is 12.7. The van der Waals surface area contributed by atoms with Crippen LogP contribution in [-0.4, -0.2) is 26.5 Å². The summed E-state index contributed by atoms with van der Waals surface area (Å²) in [5, 5.41) is 3.13. The quantitative estimate of drug-likeness (QED) is 0.801. The van der Waals surface area contributed by atoms with Gasteiger partial charge in [0.2, 0.25) is 0 Å². The molecule has 1 aromatic carbocycles. The fourth-order valence-corrected chi connectivity index (χ4v) is 3.11. The summed E-state index contributed by atoms with van der Waals surface area (Å²) in [6, 6.07) is 2.07. The Labute approximate surface area is 125 Å². The lowest BCUT2D eigenvalue weighted by atomic mass is 9.99. The summed E-state index contributed by atoms with van der Waals surface area (Å²) in [6.45, 7) is 5.72. The number of nitrogens with one attached hydrogen (secondary N) is 1. The van der Waals surface area contributed by atoms with Gasteiger partial charge in [-0.2, -0.15) is 0 Å². The maximum absolute atomic E-state index is 13.9. The predicted octanol–water partition coefficient (Wildman–Crippen LogP) is 3.14. The van der Waals surface area contributed by atoms with Gasteiger partial charge in [-0.15, -0.1) is 0 Å². The fourth-order valence-electron chi connectivity index (χ4n) is 2.21. The van der Waals surface area contributed by atoms with Gasteiger partial charge in [0.1, 0.15) is 21.5 Å².